The molecule has 3 amide bonds. The van der Waals surface area contributed by atoms with Gasteiger partial charge >= 0.3 is 0 Å². The number of benzene rings is 2. The summed E-state index contributed by atoms with van der Waals surface area (Å²) in [5, 5.41) is 22.5. The lowest BCUT2D eigenvalue weighted by Gasteiger charge is -2.39. The third kappa shape index (κ3) is 4.20. The lowest BCUT2D eigenvalue weighted by atomic mass is 9.82. The Balaban J connectivity index is 1.30. The third-order valence-electron chi connectivity index (χ3n) is 7.32. The van der Waals surface area contributed by atoms with Gasteiger partial charge in [0.1, 0.15) is 11.9 Å². The quantitative estimate of drug-likeness (QED) is 0.652. The molecule has 2 fully saturated rings. The van der Waals surface area contributed by atoms with Crippen LogP contribution in [-0.4, -0.2) is 51.8 Å². The summed E-state index contributed by atoms with van der Waals surface area (Å²) in [5.41, 5.74) is 0.857. The first-order chi connectivity index (χ1) is 16.8. The molecule has 3 aliphatic heterocycles. The van der Waals surface area contributed by atoms with Crippen molar-refractivity contribution in [2.24, 2.45) is 0 Å². The van der Waals surface area contributed by atoms with E-state index in [2.05, 4.69) is 16.3 Å². The van der Waals surface area contributed by atoms with Crippen molar-refractivity contribution in [3.05, 3.63) is 70.0 Å². The zero-order valence-corrected chi connectivity index (χ0v) is 19.1. The second-order valence-corrected chi connectivity index (χ2v) is 9.47. The molecule has 1 unspecified atom stereocenters. The SMILES string of the molecule is N#Cc1ccc(CN2CCC(O)(c3ccc4c(c3F)CN(C3CCC(=O)NC3=O)C4=O)CC2)cc1. The summed E-state index contributed by atoms with van der Waals surface area (Å²) in [7, 11) is 0. The van der Waals surface area contributed by atoms with Crippen molar-refractivity contribution >= 4 is 17.7 Å². The molecule has 0 aliphatic carbocycles. The number of carbonyl (C=O) groups is 3. The Morgan fingerprint density at radius 3 is 2.49 bits per heavy atom. The Hall–Kier alpha value is -3.61. The van der Waals surface area contributed by atoms with Crippen LogP contribution in [0, 0.1) is 17.1 Å². The molecule has 0 bridgehead atoms. The maximum absolute atomic E-state index is 15.7. The van der Waals surface area contributed by atoms with Crippen LogP contribution in [0.4, 0.5) is 4.39 Å². The molecule has 3 heterocycles. The van der Waals surface area contributed by atoms with E-state index < -0.39 is 29.3 Å². The van der Waals surface area contributed by atoms with Crippen molar-refractivity contribution in [1.29, 1.82) is 5.26 Å². The first-order valence-corrected chi connectivity index (χ1v) is 11.7. The summed E-state index contributed by atoms with van der Waals surface area (Å²) in [6, 6.07) is 11.7. The Labute approximate surface area is 201 Å². The monoisotopic (exact) mass is 476 g/mol. The summed E-state index contributed by atoms with van der Waals surface area (Å²) >= 11 is 0. The Bertz CT molecular complexity index is 1250. The van der Waals surface area contributed by atoms with Crippen molar-refractivity contribution in [3.8, 4) is 6.07 Å². The van der Waals surface area contributed by atoms with Gasteiger partial charge in [-0.2, -0.15) is 5.26 Å². The number of rotatable bonds is 4. The summed E-state index contributed by atoms with van der Waals surface area (Å²) in [6.45, 7) is 1.73. The lowest BCUT2D eigenvalue weighted by molar-refractivity contribution is -0.136. The summed E-state index contributed by atoms with van der Waals surface area (Å²) in [6.07, 6.45) is 1.01. The number of piperidine rings is 2. The van der Waals surface area contributed by atoms with Gasteiger partial charge in [0, 0.05) is 42.7 Å². The minimum atomic E-state index is -1.36. The molecule has 5 rings (SSSR count). The summed E-state index contributed by atoms with van der Waals surface area (Å²) in [5.74, 6) is -1.97. The molecule has 0 spiro atoms. The Morgan fingerprint density at radius 1 is 1.11 bits per heavy atom. The number of likely N-dealkylation sites (tertiary alicyclic amines) is 1. The number of nitrogens with one attached hydrogen (secondary N) is 1. The number of hydrogen-bond donors (Lipinski definition) is 2. The number of nitriles is 1. The van der Waals surface area contributed by atoms with E-state index in [0.29, 0.717) is 38.0 Å². The van der Waals surface area contributed by atoms with Crippen LogP contribution >= 0.6 is 0 Å². The van der Waals surface area contributed by atoms with E-state index in [1.165, 1.54) is 17.0 Å². The molecule has 9 heteroatoms. The topological polar surface area (TPSA) is 114 Å². The molecule has 2 aromatic carbocycles. The van der Waals surface area contributed by atoms with Gasteiger partial charge in [-0.1, -0.05) is 18.2 Å². The fourth-order valence-corrected chi connectivity index (χ4v) is 5.26. The second kappa shape index (κ2) is 8.87. The van der Waals surface area contributed by atoms with Crippen LogP contribution in [0.25, 0.3) is 0 Å². The van der Waals surface area contributed by atoms with Gasteiger partial charge in [0.2, 0.25) is 11.8 Å². The predicted octanol–water partition coefficient (Wildman–Crippen LogP) is 1.94. The van der Waals surface area contributed by atoms with Crippen LogP contribution in [0.2, 0.25) is 0 Å². The van der Waals surface area contributed by atoms with E-state index in [-0.39, 0.29) is 42.0 Å². The normalized spacial score (nSPS) is 22.0. The minimum Gasteiger partial charge on any atom is -0.385 e. The molecule has 0 aromatic heterocycles. The zero-order valence-electron chi connectivity index (χ0n) is 19.1. The molecule has 2 saturated heterocycles. The molecule has 180 valence electrons. The van der Waals surface area contributed by atoms with Gasteiger partial charge in [0.15, 0.2) is 0 Å². The van der Waals surface area contributed by atoms with Gasteiger partial charge in [-0.15, -0.1) is 0 Å². The fraction of sp³-hybridized carbons (Fsp3) is 0.385. The molecule has 2 aromatic rings. The van der Waals surface area contributed by atoms with Crippen molar-refractivity contribution in [3.63, 3.8) is 0 Å². The zero-order chi connectivity index (χ0) is 24.7. The molecular weight excluding hydrogens is 451 g/mol. The van der Waals surface area contributed by atoms with Crippen molar-refractivity contribution in [2.45, 2.75) is 50.4 Å². The molecule has 0 saturated carbocycles. The highest BCUT2D eigenvalue weighted by atomic mass is 19.1. The summed E-state index contributed by atoms with van der Waals surface area (Å²) in [4.78, 5) is 40.1. The predicted molar refractivity (Wildman–Crippen MR) is 122 cm³/mol. The van der Waals surface area contributed by atoms with Crippen LogP contribution in [0.15, 0.2) is 36.4 Å². The molecule has 1 atom stereocenters. The number of nitrogens with zero attached hydrogens (tertiary/aromatic N) is 3. The van der Waals surface area contributed by atoms with Gasteiger partial charge in [0.25, 0.3) is 5.91 Å². The Kier molecular flexibility index (Phi) is 5.87. The molecule has 8 nitrogen and oxygen atoms in total. The number of imide groups is 1. The highest BCUT2D eigenvalue weighted by Gasteiger charge is 2.43. The van der Waals surface area contributed by atoms with Crippen molar-refractivity contribution < 1.29 is 23.9 Å². The minimum absolute atomic E-state index is 0.0684. The fourth-order valence-electron chi connectivity index (χ4n) is 5.26. The van der Waals surface area contributed by atoms with Crippen LogP contribution in [-0.2, 0) is 28.3 Å². The van der Waals surface area contributed by atoms with Crippen LogP contribution in [0.5, 0.6) is 0 Å². The summed E-state index contributed by atoms with van der Waals surface area (Å²) < 4.78 is 15.7. The number of halogens is 1. The first kappa shape index (κ1) is 23.1. The smallest absolute Gasteiger partial charge is 0.255 e. The van der Waals surface area contributed by atoms with Gasteiger partial charge in [-0.25, -0.2) is 4.39 Å². The van der Waals surface area contributed by atoms with E-state index >= 15 is 4.39 Å². The highest BCUT2D eigenvalue weighted by molar-refractivity contribution is 6.05. The number of carbonyl (C=O) groups excluding carboxylic acids is 3. The van der Waals surface area contributed by atoms with E-state index in [0.717, 1.165) is 5.56 Å². The largest absolute Gasteiger partial charge is 0.385 e. The third-order valence-corrected chi connectivity index (χ3v) is 7.32. The second-order valence-electron chi connectivity index (χ2n) is 9.47. The highest BCUT2D eigenvalue weighted by Crippen LogP contribution is 2.39. The molecule has 2 N–H and O–H groups in total. The maximum Gasteiger partial charge on any atom is 0.255 e. The van der Waals surface area contributed by atoms with E-state index in [4.69, 9.17) is 5.26 Å². The van der Waals surface area contributed by atoms with Crippen LogP contribution in [0.1, 0.15) is 58.3 Å². The maximum atomic E-state index is 15.7. The van der Waals surface area contributed by atoms with E-state index in [1.54, 1.807) is 12.1 Å². The average molecular weight is 477 g/mol. The molecule has 35 heavy (non-hydrogen) atoms. The van der Waals surface area contributed by atoms with Gasteiger partial charge in [-0.05, 0) is 43.0 Å². The number of amides is 3. The number of aliphatic hydroxyl groups is 1. The number of fused-ring (bicyclic) bond motifs is 1. The van der Waals surface area contributed by atoms with Crippen molar-refractivity contribution in [2.75, 3.05) is 13.1 Å². The number of hydrogen-bond acceptors (Lipinski definition) is 6. The van der Waals surface area contributed by atoms with Gasteiger partial charge in [0.05, 0.1) is 23.8 Å². The van der Waals surface area contributed by atoms with Crippen LogP contribution < -0.4 is 5.32 Å². The standard InChI is InChI=1S/C26H25FN4O4/c27-23-19-15-31(21-7-8-22(32)29-24(21)33)25(34)18(19)5-6-20(23)26(35)9-11-30(12-10-26)14-17-3-1-16(13-28)2-4-17/h1-6,21,35H,7-12,14-15H2,(H,29,32,33). The van der Waals surface area contributed by atoms with Crippen molar-refractivity contribution in [1.82, 2.24) is 15.1 Å². The average Bonchev–Trinajstić information content (AvgIpc) is 3.18. The molecule has 0 radical (unpaired) electrons. The van der Waals surface area contributed by atoms with E-state index in [9.17, 15) is 19.5 Å². The van der Waals surface area contributed by atoms with E-state index in [1.807, 2.05) is 12.1 Å². The van der Waals surface area contributed by atoms with Gasteiger partial charge < -0.3 is 10.0 Å². The molecule has 3 aliphatic rings. The first-order valence-electron chi connectivity index (χ1n) is 11.7. The Morgan fingerprint density at radius 2 is 1.83 bits per heavy atom. The molecular formula is C26H25FN4O4. The van der Waals surface area contributed by atoms with Gasteiger partial charge in [-0.3, -0.25) is 24.6 Å². The lowest BCUT2D eigenvalue weighted by Crippen LogP contribution is -2.52. The van der Waals surface area contributed by atoms with Crippen LogP contribution in [0.3, 0.4) is 0 Å².